The van der Waals surface area contributed by atoms with Crippen LogP contribution in [0.2, 0.25) is 0 Å². The summed E-state index contributed by atoms with van der Waals surface area (Å²) in [6.45, 7) is 4.70. The first kappa shape index (κ1) is 19.7. The first-order valence-corrected chi connectivity index (χ1v) is 7.46. The first-order chi connectivity index (χ1) is 11.1. The molecule has 0 aliphatic rings. The van der Waals surface area contributed by atoms with Crippen LogP contribution in [-0.4, -0.2) is 30.1 Å². The van der Waals surface area contributed by atoms with E-state index in [1.54, 1.807) is 42.6 Å². The molecule has 130 valence electrons. The second-order valence-electron chi connectivity index (χ2n) is 5.13. The van der Waals surface area contributed by atoms with E-state index in [0.29, 0.717) is 30.3 Å². The molecule has 1 amide bonds. The van der Waals surface area contributed by atoms with Crippen molar-refractivity contribution in [2.75, 3.05) is 18.5 Å². The molecule has 0 fully saturated rings. The summed E-state index contributed by atoms with van der Waals surface area (Å²) >= 11 is 0. The summed E-state index contributed by atoms with van der Waals surface area (Å²) in [5.74, 6) is 0.842. The van der Waals surface area contributed by atoms with Crippen molar-refractivity contribution in [1.82, 2.24) is 4.98 Å². The molecule has 7 heteroatoms. The van der Waals surface area contributed by atoms with Crippen LogP contribution in [0.3, 0.4) is 0 Å². The van der Waals surface area contributed by atoms with Crippen molar-refractivity contribution in [3.05, 3.63) is 48.3 Å². The third kappa shape index (κ3) is 5.72. The van der Waals surface area contributed by atoms with Crippen LogP contribution < -0.4 is 20.5 Å². The number of pyridine rings is 1. The standard InChI is InChI=1S/C17H21N3O3.ClH/c1-12(2)23-15-4-3-10-19-16(15)17(21)20-13-5-7-14(8-6-13)22-11-9-18;/h3-8,10,12H,9,11,18H2,1-2H3,(H,20,21);1H. The Kier molecular flexibility index (Phi) is 8.01. The monoisotopic (exact) mass is 351 g/mol. The minimum atomic E-state index is -0.322. The van der Waals surface area contributed by atoms with Gasteiger partial charge in [0, 0.05) is 18.4 Å². The van der Waals surface area contributed by atoms with E-state index >= 15 is 0 Å². The predicted octanol–water partition coefficient (Wildman–Crippen LogP) is 2.88. The molecule has 0 spiro atoms. The molecule has 6 nitrogen and oxygen atoms in total. The predicted molar refractivity (Wildman–Crippen MR) is 96.2 cm³/mol. The fourth-order valence-corrected chi connectivity index (χ4v) is 1.91. The number of hydrogen-bond acceptors (Lipinski definition) is 5. The number of rotatable bonds is 7. The minimum Gasteiger partial charge on any atom is -0.492 e. The van der Waals surface area contributed by atoms with Gasteiger partial charge in [0.1, 0.15) is 12.4 Å². The highest BCUT2D eigenvalue weighted by atomic mass is 35.5. The lowest BCUT2D eigenvalue weighted by atomic mass is 10.2. The molecule has 0 saturated heterocycles. The lowest BCUT2D eigenvalue weighted by Crippen LogP contribution is -2.17. The van der Waals surface area contributed by atoms with E-state index in [0.717, 1.165) is 0 Å². The summed E-state index contributed by atoms with van der Waals surface area (Å²) in [5.41, 5.74) is 6.29. The van der Waals surface area contributed by atoms with Crippen LogP contribution in [0, 0.1) is 0 Å². The van der Waals surface area contributed by atoms with E-state index in [2.05, 4.69) is 10.3 Å². The number of nitrogens with one attached hydrogen (secondary N) is 1. The number of nitrogens with zero attached hydrogens (tertiary/aromatic N) is 1. The fraction of sp³-hybridized carbons (Fsp3) is 0.294. The van der Waals surface area contributed by atoms with Crippen molar-refractivity contribution in [3.63, 3.8) is 0 Å². The van der Waals surface area contributed by atoms with E-state index in [1.165, 1.54) is 0 Å². The Morgan fingerprint density at radius 1 is 1.25 bits per heavy atom. The van der Waals surface area contributed by atoms with Gasteiger partial charge in [0.25, 0.3) is 5.91 Å². The zero-order valence-electron chi connectivity index (χ0n) is 13.7. The molecule has 3 N–H and O–H groups in total. The number of benzene rings is 1. The van der Waals surface area contributed by atoms with Gasteiger partial charge in [-0.05, 0) is 50.2 Å². The van der Waals surface area contributed by atoms with Gasteiger partial charge >= 0.3 is 0 Å². The first-order valence-electron chi connectivity index (χ1n) is 7.46. The van der Waals surface area contributed by atoms with Gasteiger partial charge < -0.3 is 20.5 Å². The molecule has 1 heterocycles. The molecule has 1 aromatic carbocycles. The maximum atomic E-state index is 12.4. The molecular formula is C17H22ClN3O3. The summed E-state index contributed by atoms with van der Waals surface area (Å²) in [5, 5.41) is 2.79. The number of amides is 1. The number of anilines is 1. The second-order valence-corrected chi connectivity index (χ2v) is 5.13. The summed E-state index contributed by atoms with van der Waals surface area (Å²) in [6.07, 6.45) is 1.52. The minimum absolute atomic E-state index is 0. The van der Waals surface area contributed by atoms with Gasteiger partial charge in [-0.2, -0.15) is 0 Å². The molecule has 24 heavy (non-hydrogen) atoms. The average molecular weight is 352 g/mol. The smallest absolute Gasteiger partial charge is 0.278 e. The highest BCUT2D eigenvalue weighted by Crippen LogP contribution is 2.20. The van der Waals surface area contributed by atoms with Crippen LogP contribution in [0.1, 0.15) is 24.3 Å². The van der Waals surface area contributed by atoms with E-state index in [9.17, 15) is 4.79 Å². The van der Waals surface area contributed by atoms with Crippen LogP contribution in [0.25, 0.3) is 0 Å². The molecule has 2 rings (SSSR count). The van der Waals surface area contributed by atoms with Crippen LogP contribution >= 0.6 is 12.4 Å². The average Bonchev–Trinajstić information content (AvgIpc) is 2.54. The molecule has 1 aromatic heterocycles. The van der Waals surface area contributed by atoms with Crippen molar-refractivity contribution in [2.45, 2.75) is 20.0 Å². The van der Waals surface area contributed by atoms with E-state index in [-0.39, 0.29) is 30.1 Å². The van der Waals surface area contributed by atoms with Gasteiger partial charge in [0.2, 0.25) is 0 Å². The lowest BCUT2D eigenvalue weighted by Gasteiger charge is -2.13. The number of carbonyl (C=O) groups excluding carboxylic acids is 1. The number of aromatic nitrogens is 1. The van der Waals surface area contributed by atoms with Crippen LogP contribution in [-0.2, 0) is 0 Å². The molecule has 0 radical (unpaired) electrons. The summed E-state index contributed by atoms with van der Waals surface area (Å²) in [6, 6.07) is 10.5. The molecule has 0 saturated carbocycles. The Bertz CT molecular complexity index is 648. The van der Waals surface area contributed by atoms with Crippen molar-refractivity contribution < 1.29 is 14.3 Å². The lowest BCUT2D eigenvalue weighted by molar-refractivity contribution is 0.101. The molecule has 0 atom stereocenters. The van der Waals surface area contributed by atoms with Crippen LogP contribution in [0.5, 0.6) is 11.5 Å². The highest BCUT2D eigenvalue weighted by Gasteiger charge is 2.15. The quantitative estimate of drug-likeness (QED) is 0.801. The molecule has 2 aromatic rings. The topological polar surface area (TPSA) is 86.5 Å². The second kappa shape index (κ2) is 9.75. The van der Waals surface area contributed by atoms with Gasteiger partial charge in [-0.3, -0.25) is 4.79 Å². The number of nitrogens with two attached hydrogens (primary N) is 1. The highest BCUT2D eigenvalue weighted by molar-refractivity contribution is 6.04. The van der Waals surface area contributed by atoms with Crippen molar-refractivity contribution in [1.29, 1.82) is 0 Å². The van der Waals surface area contributed by atoms with Gasteiger partial charge in [-0.1, -0.05) is 0 Å². The number of ether oxygens (including phenoxy) is 2. The van der Waals surface area contributed by atoms with Gasteiger partial charge in [0.15, 0.2) is 11.4 Å². The van der Waals surface area contributed by atoms with Gasteiger partial charge in [0.05, 0.1) is 6.10 Å². The fourth-order valence-electron chi connectivity index (χ4n) is 1.91. The van der Waals surface area contributed by atoms with Crippen molar-refractivity contribution in [2.24, 2.45) is 5.73 Å². The van der Waals surface area contributed by atoms with Crippen molar-refractivity contribution >= 4 is 24.0 Å². The third-order valence-corrected chi connectivity index (χ3v) is 2.85. The summed E-state index contributed by atoms with van der Waals surface area (Å²) in [7, 11) is 0. The molecule has 0 unspecified atom stereocenters. The summed E-state index contributed by atoms with van der Waals surface area (Å²) < 4.78 is 11.0. The largest absolute Gasteiger partial charge is 0.492 e. The van der Waals surface area contributed by atoms with E-state index in [1.807, 2.05) is 13.8 Å². The van der Waals surface area contributed by atoms with E-state index in [4.69, 9.17) is 15.2 Å². The molecule has 0 aliphatic carbocycles. The maximum Gasteiger partial charge on any atom is 0.278 e. The van der Waals surface area contributed by atoms with Crippen LogP contribution in [0.15, 0.2) is 42.6 Å². The Morgan fingerprint density at radius 2 is 1.96 bits per heavy atom. The van der Waals surface area contributed by atoms with Gasteiger partial charge in [-0.15, -0.1) is 12.4 Å². The summed E-state index contributed by atoms with van der Waals surface area (Å²) in [4.78, 5) is 16.5. The van der Waals surface area contributed by atoms with Gasteiger partial charge in [-0.25, -0.2) is 4.98 Å². The third-order valence-electron chi connectivity index (χ3n) is 2.85. The zero-order chi connectivity index (χ0) is 16.7. The Labute approximate surface area is 147 Å². The number of hydrogen-bond donors (Lipinski definition) is 2. The molecule has 0 bridgehead atoms. The Morgan fingerprint density at radius 3 is 2.58 bits per heavy atom. The Balaban J connectivity index is 0.00000288. The van der Waals surface area contributed by atoms with Crippen molar-refractivity contribution in [3.8, 4) is 11.5 Å². The Hall–Kier alpha value is -2.31. The SMILES string of the molecule is CC(C)Oc1cccnc1C(=O)Nc1ccc(OCCN)cc1.Cl. The number of carbonyl (C=O) groups is 1. The normalized spacial score (nSPS) is 10.0. The molecule has 0 aliphatic heterocycles. The number of halogens is 1. The zero-order valence-corrected chi connectivity index (χ0v) is 14.5. The van der Waals surface area contributed by atoms with Crippen LogP contribution in [0.4, 0.5) is 5.69 Å². The molecular weight excluding hydrogens is 330 g/mol. The van der Waals surface area contributed by atoms with E-state index < -0.39 is 0 Å². The maximum absolute atomic E-state index is 12.4.